The summed E-state index contributed by atoms with van der Waals surface area (Å²) < 4.78 is 7.53. The summed E-state index contributed by atoms with van der Waals surface area (Å²) in [5.74, 6) is 0. The van der Waals surface area contributed by atoms with E-state index < -0.39 is 0 Å². The zero-order valence-electron chi connectivity index (χ0n) is 12.8. The van der Waals surface area contributed by atoms with Gasteiger partial charge in [0.15, 0.2) is 0 Å². The number of nitrogens with zero attached hydrogens (tertiary/aromatic N) is 3. The SMILES string of the molecule is CCN(CC)CCn1cc(NC2CCCOCC2)cn1. The molecule has 0 amide bonds. The molecule has 0 bridgehead atoms. The number of rotatable bonds is 7. The molecule has 1 fully saturated rings. The summed E-state index contributed by atoms with van der Waals surface area (Å²) in [5, 5.41) is 8.02. The van der Waals surface area contributed by atoms with Crippen molar-refractivity contribution in [2.45, 2.75) is 45.7 Å². The second kappa shape index (κ2) is 8.27. The lowest BCUT2D eigenvalue weighted by Crippen LogP contribution is -2.27. The molecule has 1 unspecified atom stereocenters. The Balaban J connectivity index is 1.79. The molecule has 0 radical (unpaired) electrons. The van der Waals surface area contributed by atoms with Crippen LogP contribution in [0.25, 0.3) is 0 Å². The van der Waals surface area contributed by atoms with Crippen LogP contribution in [0, 0.1) is 0 Å². The molecule has 0 saturated carbocycles. The molecule has 0 aliphatic carbocycles. The van der Waals surface area contributed by atoms with E-state index in [1.807, 2.05) is 10.9 Å². The maximum absolute atomic E-state index is 5.49. The van der Waals surface area contributed by atoms with Gasteiger partial charge in [0.2, 0.25) is 0 Å². The minimum absolute atomic E-state index is 0.526. The molecule has 1 N–H and O–H groups in total. The van der Waals surface area contributed by atoms with E-state index in [4.69, 9.17) is 4.74 Å². The lowest BCUT2D eigenvalue weighted by molar-refractivity contribution is 0.144. The van der Waals surface area contributed by atoms with Gasteiger partial charge < -0.3 is 15.0 Å². The molecule has 0 aromatic carbocycles. The van der Waals surface area contributed by atoms with Gasteiger partial charge in [-0.1, -0.05) is 13.8 Å². The Morgan fingerprint density at radius 1 is 1.35 bits per heavy atom. The van der Waals surface area contributed by atoms with Crippen LogP contribution in [0.1, 0.15) is 33.1 Å². The molecule has 5 nitrogen and oxygen atoms in total. The largest absolute Gasteiger partial charge is 0.381 e. The van der Waals surface area contributed by atoms with Gasteiger partial charge in [-0.3, -0.25) is 4.68 Å². The number of anilines is 1. The maximum Gasteiger partial charge on any atom is 0.0728 e. The quantitative estimate of drug-likeness (QED) is 0.831. The lowest BCUT2D eigenvalue weighted by atomic mass is 10.1. The molecule has 1 aromatic rings. The molecule has 2 heterocycles. The van der Waals surface area contributed by atoms with E-state index in [1.54, 1.807) is 0 Å². The van der Waals surface area contributed by atoms with E-state index in [2.05, 4.69) is 35.4 Å². The minimum Gasteiger partial charge on any atom is -0.381 e. The summed E-state index contributed by atoms with van der Waals surface area (Å²) in [6.45, 7) is 10.4. The second-order valence-electron chi connectivity index (χ2n) is 5.40. The van der Waals surface area contributed by atoms with Gasteiger partial charge in [0.05, 0.1) is 18.4 Å². The third-order valence-electron chi connectivity index (χ3n) is 4.00. The van der Waals surface area contributed by atoms with Gasteiger partial charge in [0.25, 0.3) is 0 Å². The van der Waals surface area contributed by atoms with E-state index in [1.165, 1.54) is 6.42 Å². The first-order valence-electron chi connectivity index (χ1n) is 7.91. The van der Waals surface area contributed by atoms with Crippen molar-refractivity contribution in [1.82, 2.24) is 14.7 Å². The number of hydrogen-bond acceptors (Lipinski definition) is 4. The van der Waals surface area contributed by atoms with Crippen LogP contribution >= 0.6 is 0 Å². The van der Waals surface area contributed by atoms with Crippen LogP contribution in [-0.2, 0) is 11.3 Å². The third kappa shape index (κ3) is 4.80. The first-order chi connectivity index (χ1) is 9.81. The van der Waals surface area contributed by atoms with Crippen LogP contribution < -0.4 is 5.32 Å². The van der Waals surface area contributed by atoms with Gasteiger partial charge in [-0.15, -0.1) is 0 Å². The van der Waals surface area contributed by atoms with E-state index in [9.17, 15) is 0 Å². The summed E-state index contributed by atoms with van der Waals surface area (Å²) in [6.07, 6.45) is 7.48. The molecule has 114 valence electrons. The number of ether oxygens (including phenoxy) is 1. The zero-order chi connectivity index (χ0) is 14.2. The van der Waals surface area contributed by atoms with Crippen LogP contribution in [-0.4, -0.2) is 53.6 Å². The average Bonchev–Trinajstić information content (AvgIpc) is 2.75. The minimum atomic E-state index is 0.526. The highest BCUT2D eigenvalue weighted by atomic mass is 16.5. The van der Waals surface area contributed by atoms with Gasteiger partial charge in [-0.2, -0.15) is 5.10 Å². The standard InChI is InChI=1S/C15H28N4O/c1-3-18(4-2)8-9-19-13-15(12-16-19)17-14-6-5-10-20-11-7-14/h12-14,17H,3-11H2,1-2H3. The summed E-state index contributed by atoms with van der Waals surface area (Å²) in [7, 11) is 0. The fraction of sp³-hybridized carbons (Fsp3) is 0.800. The smallest absolute Gasteiger partial charge is 0.0728 e. The Labute approximate surface area is 122 Å². The summed E-state index contributed by atoms with van der Waals surface area (Å²) in [5.41, 5.74) is 1.14. The van der Waals surface area contributed by atoms with Crippen LogP contribution in [0.5, 0.6) is 0 Å². The Kier molecular flexibility index (Phi) is 6.33. The van der Waals surface area contributed by atoms with Crippen molar-refractivity contribution in [3.8, 4) is 0 Å². The van der Waals surface area contributed by atoms with Crippen LogP contribution in [0.3, 0.4) is 0 Å². The number of hydrogen-bond donors (Lipinski definition) is 1. The number of aromatic nitrogens is 2. The Hall–Kier alpha value is -1.07. The van der Waals surface area contributed by atoms with Gasteiger partial charge >= 0.3 is 0 Å². The van der Waals surface area contributed by atoms with Gasteiger partial charge in [0, 0.05) is 32.0 Å². The Bertz CT molecular complexity index is 368. The molecule has 5 heteroatoms. The molecule has 1 aromatic heterocycles. The van der Waals surface area contributed by atoms with Crippen molar-refractivity contribution in [1.29, 1.82) is 0 Å². The van der Waals surface area contributed by atoms with E-state index in [0.717, 1.165) is 57.9 Å². The van der Waals surface area contributed by atoms with E-state index >= 15 is 0 Å². The van der Waals surface area contributed by atoms with Crippen molar-refractivity contribution in [2.75, 3.05) is 38.2 Å². The van der Waals surface area contributed by atoms with E-state index in [0.29, 0.717) is 6.04 Å². The molecule has 20 heavy (non-hydrogen) atoms. The van der Waals surface area contributed by atoms with Crippen molar-refractivity contribution in [2.24, 2.45) is 0 Å². The zero-order valence-corrected chi connectivity index (χ0v) is 12.8. The molecule has 0 spiro atoms. The second-order valence-corrected chi connectivity index (χ2v) is 5.40. The predicted octanol–water partition coefficient (Wildman–Crippen LogP) is 2.21. The number of nitrogens with one attached hydrogen (secondary N) is 1. The first kappa shape index (κ1) is 15.3. The summed E-state index contributed by atoms with van der Waals surface area (Å²) in [6, 6.07) is 0.526. The average molecular weight is 280 g/mol. The van der Waals surface area contributed by atoms with Gasteiger partial charge in [-0.05, 0) is 32.4 Å². The molecule has 1 aliphatic rings. The van der Waals surface area contributed by atoms with Crippen molar-refractivity contribution < 1.29 is 4.74 Å². The molecule has 2 rings (SSSR count). The van der Waals surface area contributed by atoms with Crippen molar-refractivity contribution >= 4 is 5.69 Å². The highest BCUT2D eigenvalue weighted by Gasteiger charge is 2.12. The molecular formula is C15H28N4O. The normalized spacial score (nSPS) is 20.1. The topological polar surface area (TPSA) is 42.3 Å². The highest BCUT2D eigenvalue weighted by molar-refractivity contribution is 5.39. The molecule has 1 aliphatic heterocycles. The van der Waals surface area contributed by atoms with Crippen molar-refractivity contribution in [3.05, 3.63) is 12.4 Å². The van der Waals surface area contributed by atoms with E-state index in [-0.39, 0.29) is 0 Å². The van der Waals surface area contributed by atoms with Gasteiger partial charge in [0.1, 0.15) is 0 Å². The van der Waals surface area contributed by atoms with Crippen LogP contribution in [0.15, 0.2) is 12.4 Å². The predicted molar refractivity (Wildman–Crippen MR) is 82.1 cm³/mol. The summed E-state index contributed by atoms with van der Waals surface area (Å²) in [4.78, 5) is 2.41. The molecule has 1 saturated heterocycles. The van der Waals surface area contributed by atoms with Crippen LogP contribution in [0.2, 0.25) is 0 Å². The number of likely N-dealkylation sites (N-methyl/N-ethyl adjacent to an activating group) is 1. The Morgan fingerprint density at radius 2 is 2.20 bits per heavy atom. The fourth-order valence-corrected chi connectivity index (χ4v) is 2.63. The third-order valence-corrected chi connectivity index (χ3v) is 4.00. The molecule has 1 atom stereocenters. The maximum atomic E-state index is 5.49. The first-order valence-corrected chi connectivity index (χ1v) is 7.91. The fourth-order valence-electron chi connectivity index (χ4n) is 2.63. The Morgan fingerprint density at radius 3 is 3.00 bits per heavy atom. The van der Waals surface area contributed by atoms with Crippen LogP contribution in [0.4, 0.5) is 5.69 Å². The molecular weight excluding hydrogens is 252 g/mol. The monoisotopic (exact) mass is 280 g/mol. The summed E-state index contributed by atoms with van der Waals surface area (Å²) >= 11 is 0. The van der Waals surface area contributed by atoms with Crippen molar-refractivity contribution in [3.63, 3.8) is 0 Å². The lowest BCUT2D eigenvalue weighted by Gasteiger charge is -2.17. The highest BCUT2D eigenvalue weighted by Crippen LogP contribution is 2.15. The van der Waals surface area contributed by atoms with Gasteiger partial charge in [-0.25, -0.2) is 0 Å².